The van der Waals surface area contributed by atoms with Gasteiger partial charge in [0.25, 0.3) is 0 Å². The Kier molecular flexibility index (Phi) is 5.99. The highest BCUT2D eigenvalue weighted by molar-refractivity contribution is 6.30. The summed E-state index contributed by atoms with van der Waals surface area (Å²) in [6.45, 7) is 0.296. The van der Waals surface area contributed by atoms with E-state index in [1.807, 2.05) is 24.3 Å². The maximum atomic E-state index is 13.0. The first kappa shape index (κ1) is 21.0. The summed E-state index contributed by atoms with van der Waals surface area (Å²) in [4.78, 5) is 39.5. The number of carbonyl (C=O) groups is 3. The van der Waals surface area contributed by atoms with E-state index in [2.05, 4.69) is 16.0 Å². The standard InChI is InChI=1S/C22H23ClN4O4/c1-31-17-8-2-13(3-9-17)10-18-21(29)27-12-16(11-19(27)20(28)26-18)25-22(30)24-15-6-4-14(23)5-7-15/h2-9,16,18-19H,10-12H2,1H3,(H,26,28)(H2,24,25,30)/t16-,18-,19-/m0/s1. The number of halogens is 1. The van der Waals surface area contributed by atoms with Crippen molar-refractivity contribution in [1.82, 2.24) is 15.5 Å². The van der Waals surface area contributed by atoms with E-state index in [1.54, 1.807) is 36.3 Å². The van der Waals surface area contributed by atoms with Gasteiger partial charge in [0.1, 0.15) is 17.8 Å². The van der Waals surface area contributed by atoms with Gasteiger partial charge in [0.2, 0.25) is 11.8 Å². The van der Waals surface area contributed by atoms with Crippen molar-refractivity contribution in [2.24, 2.45) is 0 Å². The smallest absolute Gasteiger partial charge is 0.319 e. The SMILES string of the molecule is COc1ccc(C[C@@H]2NC(=O)[C@@H]3C[C@H](NC(=O)Nc4ccc(Cl)cc4)CN3C2=O)cc1. The average molecular weight is 443 g/mol. The summed E-state index contributed by atoms with van der Waals surface area (Å²) in [6, 6.07) is 12.2. The number of nitrogens with zero attached hydrogens (tertiary/aromatic N) is 1. The van der Waals surface area contributed by atoms with E-state index in [0.717, 1.165) is 11.3 Å². The van der Waals surface area contributed by atoms with E-state index in [4.69, 9.17) is 16.3 Å². The summed E-state index contributed by atoms with van der Waals surface area (Å²) in [7, 11) is 1.59. The van der Waals surface area contributed by atoms with Crippen LogP contribution in [-0.4, -0.2) is 54.5 Å². The van der Waals surface area contributed by atoms with Gasteiger partial charge in [0.15, 0.2) is 0 Å². The van der Waals surface area contributed by atoms with Gasteiger partial charge in [-0.05, 0) is 48.4 Å². The Balaban J connectivity index is 1.36. The molecule has 4 rings (SSSR count). The van der Waals surface area contributed by atoms with Gasteiger partial charge in [-0.1, -0.05) is 23.7 Å². The van der Waals surface area contributed by atoms with E-state index < -0.39 is 18.1 Å². The van der Waals surface area contributed by atoms with Crippen LogP contribution < -0.4 is 20.7 Å². The average Bonchev–Trinajstić information content (AvgIpc) is 3.18. The zero-order valence-electron chi connectivity index (χ0n) is 16.9. The normalized spacial score (nSPS) is 22.5. The van der Waals surface area contributed by atoms with Crippen molar-refractivity contribution in [3.63, 3.8) is 0 Å². The van der Waals surface area contributed by atoms with E-state index >= 15 is 0 Å². The van der Waals surface area contributed by atoms with Crippen LogP contribution in [0.15, 0.2) is 48.5 Å². The molecule has 3 atom stereocenters. The minimum atomic E-state index is -0.626. The number of nitrogens with one attached hydrogen (secondary N) is 3. The van der Waals surface area contributed by atoms with Gasteiger partial charge in [-0.15, -0.1) is 0 Å². The lowest BCUT2D eigenvalue weighted by Gasteiger charge is -2.34. The molecule has 0 aromatic heterocycles. The summed E-state index contributed by atoms with van der Waals surface area (Å²) in [6.07, 6.45) is 0.772. The zero-order valence-corrected chi connectivity index (χ0v) is 17.7. The topological polar surface area (TPSA) is 99.8 Å². The molecule has 31 heavy (non-hydrogen) atoms. The molecule has 2 aliphatic heterocycles. The number of methoxy groups -OCH3 is 1. The fourth-order valence-electron chi connectivity index (χ4n) is 3.98. The molecule has 0 unspecified atom stereocenters. The first-order chi connectivity index (χ1) is 14.9. The molecule has 8 nitrogen and oxygen atoms in total. The number of hydrogen-bond acceptors (Lipinski definition) is 4. The first-order valence-corrected chi connectivity index (χ1v) is 10.4. The fourth-order valence-corrected chi connectivity index (χ4v) is 4.11. The number of rotatable bonds is 5. The Bertz CT molecular complexity index is 980. The molecule has 162 valence electrons. The second-order valence-electron chi connectivity index (χ2n) is 7.66. The molecule has 2 heterocycles. The molecular weight excluding hydrogens is 420 g/mol. The lowest BCUT2D eigenvalue weighted by molar-refractivity contribution is -0.147. The monoisotopic (exact) mass is 442 g/mol. The highest BCUT2D eigenvalue weighted by atomic mass is 35.5. The van der Waals surface area contributed by atoms with Crippen molar-refractivity contribution in [1.29, 1.82) is 0 Å². The zero-order chi connectivity index (χ0) is 22.0. The molecule has 3 N–H and O–H groups in total. The molecule has 9 heteroatoms. The number of ether oxygens (including phenoxy) is 1. The highest BCUT2D eigenvalue weighted by Gasteiger charge is 2.46. The minimum absolute atomic E-state index is 0.136. The van der Waals surface area contributed by atoms with Crippen LogP contribution in [0.25, 0.3) is 0 Å². The molecule has 2 aromatic carbocycles. The highest BCUT2D eigenvalue weighted by Crippen LogP contribution is 2.24. The molecule has 0 radical (unpaired) electrons. The Morgan fingerprint density at radius 2 is 1.87 bits per heavy atom. The van der Waals surface area contributed by atoms with E-state index in [1.165, 1.54) is 0 Å². The number of hydrogen-bond donors (Lipinski definition) is 3. The van der Waals surface area contributed by atoms with Gasteiger partial charge in [0, 0.05) is 23.7 Å². The third-order valence-electron chi connectivity index (χ3n) is 5.54. The van der Waals surface area contributed by atoms with Gasteiger partial charge in [-0.25, -0.2) is 4.79 Å². The molecule has 2 fully saturated rings. The number of carbonyl (C=O) groups excluding carboxylic acids is 3. The summed E-state index contributed by atoms with van der Waals surface area (Å²) in [5, 5.41) is 8.98. The van der Waals surface area contributed by atoms with Crippen molar-refractivity contribution < 1.29 is 19.1 Å². The summed E-state index contributed by atoms with van der Waals surface area (Å²) < 4.78 is 5.15. The third kappa shape index (κ3) is 4.74. The van der Waals surface area contributed by atoms with E-state index in [9.17, 15) is 14.4 Å². The number of benzene rings is 2. The number of urea groups is 1. The Hall–Kier alpha value is -3.26. The van der Waals surface area contributed by atoms with Gasteiger partial charge in [-0.2, -0.15) is 0 Å². The third-order valence-corrected chi connectivity index (χ3v) is 5.79. The fraction of sp³-hybridized carbons (Fsp3) is 0.318. The van der Waals surface area contributed by atoms with E-state index in [-0.39, 0.29) is 17.9 Å². The summed E-state index contributed by atoms with van der Waals surface area (Å²) >= 11 is 5.85. The van der Waals surface area contributed by atoms with E-state index in [0.29, 0.717) is 30.1 Å². The van der Waals surface area contributed by atoms with Crippen LogP contribution >= 0.6 is 11.6 Å². The molecule has 0 spiro atoms. The molecule has 0 bridgehead atoms. The lowest BCUT2D eigenvalue weighted by Crippen LogP contribution is -2.61. The van der Waals surface area contributed by atoms with Gasteiger partial charge >= 0.3 is 6.03 Å². The predicted octanol–water partition coefficient (Wildman–Crippen LogP) is 2.18. The molecule has 0 aliphatic carbocycles. The number of fused-ring (bicyclic) bond motifs is 1. The quantitative estimate of drug-likeness (QED) is 0.660. The Morgan fingerprint density at radius 1 is 1.16 bits per heavy atom. The van der Waals surface area contributed by atoms with Crippen molar-refractivity contribution in [2.45, 2.75) is 31.0 Å². The van der Waals surface area contributed by atoms with Crippen LogP contribution in [0.5, 0.6) is 5.75 Å². The maximum absolute atomic E-state index is 13.0. The van der Waals surface area contributed by atoms with Crippen LogP contribution in [0.2, 0.25) is 5.02 Å². The van der Waals surface area contributed by atoms with Crippen LogP contribution in [0.1, 0.15) is 12.0 Å². The minimum Gasteiger partial charge on any atom is -0.497 e. The second kappa shape index (κ2) is 8.85. The first-order valence-electron chi connectivity index (χ1n) is 10.00. The van der Waals surface area contributed by atoms with Crippen molar-refractivity contribution in [3.05, 3.63) is 59.1 Å². The van der Waals surface area contributed by atoms with Crippen LogP contribution in [0.3, 0.4) is 0 Å². The van der Waals surface area contributed by atoms with Crippen molar-refractivity contribution in [3.8, 4) is 5.75 Å². The molecule has 4 amide bonds. The molecule has 2 aromatic rings. The largest absolute Gasteiger partial charge is 0.497 e. The second-order valence-corrected chi connectivity index (χ2v) is 8.09. The molecule has 2 saturated heterocycles. The number of amides is 4. The van der Waals surface area contributed by atoms with Gasteiger partial charge < -0.3 is 25.6 Å². The molecule has 0 saturated carbocycles. The van der Waals surface area contributed by atoms with Gasteiger partial charge in [-0.3, -0.25) is 9.59 Å². The van der Waals surface area contributed by atoms with Crippen LogP contribution in [0, 0.1) is 0 Å². The van der Waals surface area contributed by atoms with Crippen LogP contribution in [0.4, 0.5) is 10.5 Å². The Labute approximate surface area is 184 Å². The summed E-state index contributed by atoms with van der Waals surface area (Å²) in [5.74, 6) is 0.400. The van der Waals surface area contributed by atoms with Crippen molar-refractivity contribution >= 4 is 35.1 Å². The van der Waals surface area contributed by atoms with Gasteiger partial charge in [0.05, 0.1) is 13.2 Å². The number of anilines is 1. The predicted molar refractivity (Wildman–Crippen MR) is 116 cm³/mol. The maximum Gasteiger partial charge on any atom is 0.319 e. The van der Waals surface area contributed by atoms with Crippen LogP contribution in [-0.2, 0) is 16.0 Å². The molecule has 2 aliphatic rings. The number of piperazine rings is 1. The lowest BCUT2D eigenvalue weighted by atomic mass is 10.0. The summed E-state index contributed by atoms with van der Waals surface area (Å²) in [5.41, 5.74) is 1.53. The Morgan fingerprint density at radius 3 is 2.55 bits per heavy atom. The van der Waals surface area contributed by atoms with Crippen molar-refractivity contribution in [2.75, 3.05) is 19.0 Å². The molecular formula is C22H23ClN4O4.